The zero-order valence-corrected chi connectivity index (χ0v) is 9.27. The van der Waals surface area contributed by atoms with E-state index in [4.69, 9.17) is 0 Å². The molecule has 1 unspecified atom stereocenters. The van der Waals surface area contributed by atoms with Crippen molar-refractivity contribution in [1.29, 1.82) is 0 Å². The molecule has 78 valence electrons. The molecule has 2 nitrogen and oxygen atoms in total. The zero-order chi connectivity index (χ0) is 9.97. The van der Waals surface area contributed by atoms with Crippen LogP contribution in [-0.4, -0.2) is 9.97 Å². The molecular formula is C12H20N2. The summed E-state index contributed by atoms with van der Waals surface area (Å²) in [6, 6.07) is 0. The lowest BCUT2D eigenvalue weighted by atomic mass is 10.0. The van der Waals surface area contributed by atoms with E-state index < -0.39 is 0 Å². The van der Waals surface area contributed by atoms with Gasteiger partial charge in [0.25, 0.3) is 0 Å². The van der Waals surface area contributed by atoms with Crippen LogP contribution in [0.25, 0.3) is 0 Å². The number of nitrogens with one attached hydrogen (secondary N) is 1. The monoisotopic (exact) mass is 192 g/mol. The normalized spacial score (nSPS) is 17.9. The minimum absolute atomic E-state index is 0.752. The number of nitrogens with zero attached hydrogens (tertiary/aromatic N) is 1. The Balaban J connectivity index is 2.08. The molecule has 2 rings (SSSR count). The highest BCUT2D eigenvalue weighted by Crippen LogP contribution is 2.20. The van der Waals surface area contributed by atoms with Crippen LogP contribution in [0.4, 0.5) is 0 Å². The van der Waals surface area contributed by atoms with Crippen molar-refractivity contribution in [3.05, 3.63) is 17.2 Å². The maximum absolute atomic E-state index is 4.68. The topological polar surface area (TPSA) is 28.7 Å². The van der Waals surface area contributed by atoms with Crippen LogP contribution in [0.2, 0.25) is 0 Å². The van der Waals surface area contributed by atoms with Gasteiger partial charge in [0, 0.05) is 12.1 Å². The maximum Gasteiger partial charge on any atom is 0.106 e. The third-order valence-corrected chi connectivity index (χ3v) is 3.24. The number of fused-ring (bicyclic) bond motifs is 1. The zero-order valence-electron chi connectivity index (χ0n) is 9.27. The first-order valence-electron chi connectivity index (χ1n) is 5.86. The molecule has 0 saturated carbocycles. The number of imidazole rings is 1. The van der Waals surface area contributed by atoms with E-state index in [1.807, 2.05) is 0 Å². The summed E-state index contributed by atoms with van der Waals surface area (Å²) in [7, 11) is 0. The van der Waals surface area contributed by atoms with Gasteiger partial charge in [-0.3, -0.25) is 0 Å². The molecule has 2 heteroatoms. The number of aromatic nitrogens is 2. The summed E-state index contributed by atoms with van der Waals surface area (Å²) in [6.45, 7) is 4.54. The summed E-state index contributed by atoms with van der Waals surface area (Å²) in [5, 5.41) is 0. The minimum Gasteiger partial charge on any atom is -0.346 e. The van der Waals surface area contributed by atoms with E-state index in [0.717, 1.165) is 12.3 Å². The van der Waals surface area contributed by atoms with Gasteiger partial charge in [0.05, 0.1) is 5.69 Å². The van der Waals surface area contributed by atoms with Gasteiger partial charge in [-0.1, -0.05) is 20.3 Å². The molecule has 0 bridgehead atoms. The van der Waals surface area contributed by atoms with Gasteiger partial charge in [0.2, 0.25) is 0 Å². The molecular weight excluding hydrogens is 172 g/mol. The fraction of sp³-hybridized carbons (Fsp3) is 0.750. The molecule has 0 saturated heterocycles. The van der Waals surface area contributed by atoms with Gasteiger partial charge >= 0.3 is 0 Å². The fourth-order valence-corrected chi connectivity index (χ4v) is 2.08. The Kier molecular flexibility index (Phi) is 2.90. The predicted molar refractivity (Wildman–Crippen MR) is 58.4 cm³/mol. The molecule has 1 atom stereocenters. The van der Waals surface area contributed by atoms with Crippen molar-refractivity contribution in [3.8, 4) is 0 Å². The van der Waals surface area contributed by atoms with Gasteiger partial charge in [0.15, 0.2) is 0 Å². The number of aromatic amines is 1. The smallest absolute Gasteiger partial charge is 0.106 e. The number of aryl methyl sites for hydroxylation is 2. The molecule has 1 aliphatic rings. The molecule has 1 aromatic rings. The second kappa shape index (κ2) is 4.16. The minimum atomic E-state index is 0.752. The number of hydrogen-bond donors (Lipinski definition) is 1. The van der Waals surface area contributed by atoms with Gasteiger partial charge in [-0.25, -0.2) is 4.98 Å². The number of hydrogen-bond acceptors (Lipinski definition) is 1. The number of rotatable bonds is 3. The molecule has 0 aliphatic heterocycles. The highest BCUT2D eigenvalue weighted by atomic mass is 14.9. The molecule has 0 spiro atoms. The predicted octanol–water partition coefficient (Wildman–Crippen LogP) is 2.88. The standard InChI is InChI=1S/C12H20N2/c1-3-9(2)8-12-13-10-6-4-5-7-11(10)14-12/h9H,3-8H2,1-2H3,(H,13,14). The summed E-state index contributed by atoms with van der Waals surface area (Å²) in [5.74, 6) is 1.97. The van der Waals surface area contributed by atoms with Gasteiger partial charge < -0.3 is 4.98 Å². The van der Waals surface area contributed by atoms with Crippen molar-refractivity contribution in [2.45, 2.75) is 52.4 Å². The lowest BCUT2D eigenvalue weighted by Crippen LogP contribution is -2.00. The van der Waals surface area contributed by atoms with Crippen molar-refractivity contribution in [2.75, 3.05) is 0 Å². The lowest BCUT2D eigenvalue weighted by molar-refractivity contribution is 0.545. The fourth-order valence-electron chi connectivity index (χ4n) is 2.08. The molecule has 1 aliphatic carbocycles. The van der Waals surface area contributed by atoms with Crippen molar-refractivity contribution >= 4 is 0 Å². The molecule has 14 heavy (non-hydrogen) atoms. The first-order chi connectivity index (χ1) is 6.79. The van der Waals surface area contributed by atoms with Crippen LogP contribution in [0.1, 0.15) is 50.3 Å². The summed E-state index contributed by atoms with van der Waals surface area (Å²) in [6.07, 6.45) is 7.41. The third-order valence-electron chi connectivity index (χ3n) is 3.24. The Morgan fingerprint density at radius 3 is 2.86 bits per heavy atom. The molecule has 0 radical (unpaired) electrons. The van der Waals surface area contributed by atoms with E-state index in [2.05, 4.69) is 23.8 Å². The van der Waals surface area contributed by atoms with Gasteiger partial charge in [0.1, 0.15) is 5.82 Å². The average Bonchev–Trinajstić information content (AvgIpc) is 2.59. The SMILES string of the molecule is CCC(C)Cc1nc2c([nH]1)CCCC2. The lowest BCUT2D eigenvalue weighted by Gasteiger charge is -2.07. The van der Waals surface area contributed by atoms with E-state index in [1.165, 1.54) is 49.3 Å². The van der Waals surface area contributed by atoms with E-state index in [9.17, 15) is 0 Å². The second-order valence-corrected chi connectivity index (χ2v) is 4.53. The van der Waals surface area contributed by atoms with Crippen LogP contribution in [0.5, 0.6) is 0 Å². The summed E-state index contributed by atoms with van der Waals surface area (Å²) < 4.78 is 0. The van der Waals surface area contributed by atoms with Crippen LogP contribution in [0, 0.1) is 5.92 Å². The van der Waals surface area contributed by atoms with Crippen molar-refractivity contribution < 1.29 is 0 Å². The van der Waals surface area contributed by atoms with E-state index >= 15 is 0 Å². The van der Waals surface area contributed by atoms with E-state index in [1.54, 1.807) is 0 Å². The number of H-pyrrole nitrogens is 1. The molecule has 1 N–H and O–H groups in total. The summed E-state index contributed by atoms with van der Waals surface area (Å²) >= 11 is 0. The molecule has 1 aromatic heterocycles. The Hall–Kier alpha value is -0.790. The molecule has 0 amide bonds. The Labute approximate surface area is 86.1 Å². The molecule has 0 fully saturated rings. The quantitative estimate of drug-likeness (QED) is 0.783. The summed E-state index contributed by atoms with van der Waals surface area (Å²) in [4.78, 5) is 8.17. The van der Waals surface area contributed by atoms with Gasteiger partial charge in [-0.2, -0.15) is 0 Å². The Morgan fingerprint density at radius 2 is 2.14 bits per heavy atom. The van der Waals surface area contributed by atoms with Crippen LogP contribution >= 0.6 is 0 Å². The van der Waals surface area contributed by atoms with Gasteiger partial charge in [-0.15, -0.1) is 0 Å². The third kappa shape index (κ3) is 1.99. The average molecular weight is 192 g/mol. The summed E-state index contributed by atoms with van der Waals surface area (Å²) in [5.41, 5.74) is 2.75. The Bertz CT molecular complexity index is 278. The molecule has 1 heterocycles. The van der Waals surface area contributed by atoms with Crippen LogP contribution in [0.15, 0.2) is 0 Å². The first-order valence-corrected chi connectivity index (χ1v) is 5.86. The first kappa shape index (κ1) is 9.75. The molecule has 0 aromatic carbocycles. The van der Waals surface area contributed by atoms with Crippen LogP contribution in [0.3, 0.4) is 0 Å². The van der Waals surface area contributed by atoms with Crippen LogP contribution in [-0.2, 0) is 19.3 Å². The van der Waals surface area contributed by atoms with Crippen LogP contribution < -0.4 is 0 Å². The second-order valence-electron chi connectivity index (χ2n) is 4.53. The maximum atomic E-state index is 4.68. The van der Waals surface area contributed by atoms with E-state index in [-0.39, 0.29) is 0 Å². The van der Waals surface area contributed by atoms with Crippen molar-refractivity contribution in [1.82, 2.24) is 9.97 Å². The highest BCUT2D eigenvalue weighted by molar-refractivity contribution is 5.17. The van der Waals surface area contributed by atoms with E-state index in [0.29, 0.717) is 0 Å². The van der Waals surface area contributed by atoms with Crippen molar-refractivity contribution in [2.24, 2.45) is 5.92 Å². The Morgan fingerprint density at radius 1 is 1.36 bits per heavy atom. The highest BCUT2D eigenvalue weighted by Gasteiger charge is 2.14. The van der Waals surface area contributed by atoms with Gasteiger partial charge in [-0.05, 0) is 31.6 Å². The largest absolute Gasteiger partial charge is 0.346 e. The van der Waals surface area contributed by atoms with Crippen molar-refractivity contribution in [3.63, 3.8) is 0 Å².